The lowest BCUT2D eigenvalue weighted by Crippen LogP contribution is -2.41. The Balaban J connectivity index is 1.56. The minimum absolute atomic E-state index is 0.0477. The Morgan fingerprint density at radius 2 is 1.92 bits per heavy atom. The molecule has 1 atom stereocenters. The van der Waals surface area contributed by atoms with Crippen molar-refractivity contribution in [2.75, 3.05) is 13.1 Å². The second-order valence-corrected chi connectivity index (χ2v) is 7.21. The van der Waals surface area contributed by atoms with Crippen molar-refractivity contribution in [3.05, 3.63) is 35.4 Å². The lowest BCUT2D eigenvalue weighted by atomic mass is 9.83. The van der Waals surface area contributed by atoms with Gasteiger partial charge in [-0.25, -0.2) is 0 Å². The van der Waals surface area contributed by atoms with Gasteiger partial charge in [-0.2, -0.15) is 0 Å². The monoisotopic (exact) mass is 338 g/mol. The summed E-state index contributed by atoms with van der Waals surface area (Å²) in [7, 11) is 0. The number of likely N-dealkylation sites (tertiary alicyclic amines) is 1. The largest absolute Gasteiger partial charge is 0.343 e. The van der Waals surface area contributed by atoms with Gasteiger partial charge in [-0.05, 0) is 43.4 Å². The number of imide groups is 1. The number of carbonyl (C=O) groups excluding carboxylic acids is 3. The van der Waals surface area contributed by atoms with Crippen molar-refractivity contribution in [2.45, 2.75) is 38.5 Å². The van der Waals surface area contributed by atoms with Crippen LogP contribution in [0, 0.1) is 17.8 Å². The molecule has 0 spiro atoms. The van der Waals surface area contributed by atoms with Gasteiger partial charge in [-0.15, -0.1) is 6.42 Å². The maximum absolute atomic E-state index is 12.6. The molecule has 1 N–H and O–H groups in total. The van der Waals surface area contributed by atoms with E-state index in [4.69, 9.17) is 6.42 Å². The van der Waals surface area contributed by atoms with E-state index in [2.05, 4.69) is 23.4 Å². The fourth-order valence-electron chi connectivity index (χ4n) is 3.66. The quantitative estimate of drug-likeness (QED) is 0.675. The Morgan fingerprint density at radius 3 is 2.44 bits per heavy atom. The van der Waals surface area contributed by atoms with Gasteiger partial charge in [-0.3, -0.25) is 19.7 Å². The number of terminal acetylenes is 1. The first-order valence-corrected chi connectivity index (χ1v) is 8.60. The average molecular weight is 338 g/mol. The molecule has 0 aliphatic carbocycles. The fraction of sp³-hybridized carbons (Fsp3) is 0.450. The molecule has 3 amide bonds. The second-order valence-electron chi connectivity index (χ2n) is 7.21. The molecule has 1 aromatic carbocycles. The lowest BCUT2D eigenvalue weighted by Gasteiger charge is -2.34. The van der Waals surface area contributed by atoms with E-state index < -0.39 is 5.41 Å². The summed E-state index contributed by atoms with van der Waals surface area (Å²) in [5.74, 6) is 2.35. The lowest BCUT2D eigenvalue weighted by molar-refractivity contribution is -0.139. The predicted molar refractivity (Wildman–Crippen MR) is 93.4 cm³/mol. The van der Waals surface area contributed by atoms with Gasteiger partial charge in [0.2, 0.25) is 17.7 Å². The Labute approximate surface area is 147 Å². The molecule has 1 aromatic rings. The number of piperidine rings is 1. The molecular weight excluding hydrogens is 316 g/mol. The number of nitrogens with one attached hydrogen (secondary N) is 1. The molecule has 0 saturated carbocycles. The molecule has 2 heterocycles. The van der Waals surface area contributed by atoms with Crippen LogP contribution < -0.4 is 5.32 Å². The Kier molecular flexibility index (Phi) is 4.63. The number of carbonyl (C=O) groups is 3. The Morgan fingerprint density at radius 1 is 1.28 bits per heavy atom. The molecule has 25 heavy (non-hydrogen) atoms. The van der Waals surface area contributed by atoms with Crippen molar-refractivity contribution >= 4 is 17.7 Å². The normalized spacial score (nSPS) is 24.1. The highest BCUT2D eigenvalue weighted by Crippen LogP contribution is 2.33. The van der Waals surface area contributed by atoms with Crippen molar-refractivity contribution in [1.29, 1.82) is 0 Å². The van der Waals surface area contributed by atoms with E-state index in [1.165, 1.54) is 5.56 Å². The maximum atomic E-state index is 12.6. The average Bonchev–Trinajstić information content (AvgIpc) is 2.86. The SMILES string of the molecule is C#Cc1ccc(C2CCN(C(=O)CC3(C)CC(=O)NC3=O)CC2)cc1. The number of hydrogen-bond donors (Lipinski definition) is 1. The maximum Gasteiger partial charge on any atom is 0.233 e. The molecule has 0 aromatic heterocycles. The van der Waals surface area contributed by atoms with Crippen molar-refractivity contribution in [1.82, 2.24) is 10.2 Å². The first-order chi connectivity index (χ1) is 11.9. The number of amides is 3. The van der Waals surface area contributed by atoms with Crippen LogP contribution in [0.5, 0.6) is 0 Å². The van der Waals surface area contributed by atoms with Gasteiger partial charge in [-0.1, -0.05) is 18.1 Å². The van der Waals surface area contributed by atoms with Crippen LogP contribution in [0.3, 0.4) is 0 Å². The highest BCUT2D eigenvalue weighted by atomic mass is 16.2. The minimum atomic E-state index is -0.907. The third-order valence-electron chi connectivity index (χ3n) is 5.29. The topological polar surface area (TPSA) is 66.5 Å². The van der Waals surface area contributed by atoms with E-state index >= 15 is 0 Å². The molecule has 130 valence electrons. The zero-order valence-corrected chi connectivity index (χ0v) is 14.4. The van der Waals surface area contributed by atoms with E-state index in [-0.39, 0.29) is 30.6 Å². The molecule has 2 aliphatic heterocycles. The van der Waals surface area contributed by atoms with Gasteiger partial charge in [0.25, 0.3) is 0 Å². The van der Waals surface area contributed by atoms with Gasteiger partial charge in [0.1, 0.15) is 0 Å². The fourth-order valence-corrected chi connectivity index (χ4v) is 3.66. The second kappa shape index (κ2) is 6.72. The smallest absolute Gasteiger partial charge is 0.233 e. The molecule has 5 heteroatoms. The molecule has 0 bridgehead atoms. The summed E-state index contributed by atoms with van der Waals surface area (Å²) >= 11 is 0. The summed E-state index contributed by atoms with van der Waals surface area (Å²) in [6.45, 7) is 3.03. The molecule has 3 rings (SSSR count). The molecule has 5 nitrogen and oxygen atoms in total. The van der Waals surface area contributed by atoms with E-state index in [1.54, 1.807) is 6.92 Å². The molecule has 2 aliphatic rings. The third-order valence-corrected chi connectivity index (χ3v) is 5.29. The summed E-state index contributed by atoms with van der Waals surface area (Å²) in [6.07, 6.45) is 7.35. The van der Waals surface area contributed by atoms with Gasteiger partial charge in [0.05, 0.1) is 5.41 Å². The van der Waals surface area contributed by atoms with Crippen LogP contribution in [0.4, 0.5) is 0 Å². The van der Waals surface area contributed by atoms with Crippen LogP contribution >= 0.6 is 0 Å². The molecule has 1 unspecified atom stereocenters. The third kappa shape index (κ3) is 3.58. The first-order valence-electron chi connectivity index (χ1n) is 8.60. The van der Waals surface area contributed by atoms with E-state index in [1.807, 2.05) is 17.0 Å². The Bertz CT molecular complexity index is 739. The van der Waals surface area contributed by atoms with Gasteiger partial charge >= 0.3 is 0 Å². The summed E-state index contributed by atoms with van der Waals surface area (Å²) in [4.78, 5) is 37.7. The molecular formula is C20H22N2O3. The first kappa shape index (κ1) is 17.2. The Hall–Kier alpha value is -2.61. The van der Waals surface area contributed by atoms with Crippen molar-refractivity contribution in [2.24, 2.45) is 5.41 Å². The molecule has 0 radical (unpaired) electrons. The summed E-state index contributed by atoms with van der Waals surface area (Å²) in [5, 5.41) is 2.29. The molecule has 2 fully saturated rings. The van der Waals surface area contributed by atoms with Crippen LogP contribution in [0.1, 0.15) is 49.7 Å². The zero-order valence-electron chi connectivity index (χ0n) is 14.4. The summed E-state index contributed by atoms with van der Waals surface area (Å²) in [5.41, 5.74) is 1.21. The van der Waals surface area contributed by atoms with Crippen molar-refractivity contribution in [3.8, 4) is 12.3 Å². The number of hydrogen-bond acceptors (Lipinski definition) is 3. The predicted octanol–water partition coefficient (Wildman–Crippen LogP) is 1.82. The van der Waals surface area contributed by atoms with Crippen molar-refractivity contribution in [3.63, 3.8) is 0 Å². The highest BCUT2D eigenvalue weighted by Gasteiger charge is 2.44. The van der Waals surface area contributed by atoms with Crippen LogP contribution in [0.2, 0.25) is 0 Å². The molecule has 2 saturated heterocycles. The van der Waals surface area contributed by atoms with Crippen LogP contribution in [0.25, 0.3) is 0 Å². The van der Waals surface area contributed by atoms with Gasteiger partial charge < -0.3 is 4.90 Å². The summed E-state index contributed by atoms with van der Waals surface area (Å²) < 4.78 is 0. The van der Waals surface area contributed by atoms with E-state index in [0.717, 1.165) is 18.4 Å². The summed E-state index contributed by atoms with van der Waals surface area (Å²) in [6, 6.07) is 8.02. The van der Waals surface area contributed by atoms with Crippen LogP contribution in [-0.4, -0.2) is 35.7 Å². The number of nitrogens with zero attached hydrogens (tertiary/aromatic N) is 1. The number of benzene rings is 1. The number of rotatable bonds is 3. The standard InChI is InChI=1S/C20H22N2O3/c1-3-14-4-6-15(7-5-14)16-8-10-22(11-9-16)18(24)13-20(2)12-17(23)21-19(20)25/h1,4-7,16H,8-13H2,2H3,(H,21,23,25). The van der Waals surface area contributed by atoms with Crippen molar-refractivity contribution < 1.29 is 14.4 Å². The van der Waals surface area contributed by atoms with Gasteiger partial charge in [0, 0.05) is 31.5 Å². The van der Waals surface area contributed by atoms with E-state index in [0.29, 0.717) is 19.0 Å². The zero-order chi connectivity index (χ0) is 18.0. The minimum Gasteiger partial charge on any atom is -0.343 e. The van der Waals surface area contributed by atoms with Crippen LogP contribution in [-0.2, 0) is 14.4 Å². The van der Waals surface area contributed by atoms with E-state index in [9.17, 15) is 14.4 Å². The van der Waals surface area contributed by atoms with Crippen LogP contribution in [0.15, 0.2) is 24.3 Å². The highest BCUT2D eigenvalue weighted by molar-refractivity contribution is 6.07. The van der Waals surface area contributed by atoms with Gasteiger partial charge in [0.15, 0.2) is 0 Å².